The maximum Gasteiger partial charge on any atom is 0.471 e. The second kappa shape index (κ2) is 6.88. The standard InChI is InChI=1S/C13H12F6N2O2/c1-7(21-11(23)13(17,18)19)9-4-2-8(3-5-9)6-20-10(22)12(14,15)16/h2-5,7H,6H2,1H3,(H,20,22)(H,21,23)/t7-/m0/s1. The molecule has 4 nitrogen and oxygen atoms in total. The Hall–Kier alpha value is -2.26. The van der Waals surface area contributed by atoms with Gasteiger partial charge in [0.05, 0.1) is 6.04 Å². The number of nitrogens with one attached hydrogen (secondary N) is 2. The first kappa shape index (κ1) is 18.8. The first-order valence-corrected chi connectivity index (χ1v) is 6.23. The number of rotatable bonds is 4. The average Bonchev–Trinajstić information content (AvgIpc) is 2.43. The molecule has 0 unspecified atom stereocenters. The monoisotopic (exact) mass is 342 g/mol. The van der Waals surface area contributed by atoms with Gasteiger partial charge in [0, 0.05) is 6.54 Å². The highest BCUT2D eigenvalue weighted by atomic mass is 19.4. The smallest absolute Gasteiger partial charge is 0.344 e. The van der Waals surface area contributed by atoms with Gasteiger partial charge < -0.3 is 10.6 Å². The third kappa shape index (κ3) is 5.80. The molecular formula is C13H12F6N2O2. The van der Waals surface area contributed by atoms with Crippen molar-refractivity contribution in [1.29, 1.82) is 0 Å². The quantitative estimate of drug-likeness (QED) is 0.827. The van der Waals surface area contributed by atoms with Crippen molar-refractivity contribution < 1.29 is 35.9 Å². The lowest BCUT2D eigenvalue weighted by Crippen LogP contribution is -2.38. The molecule has 1 aromatic carbocycles. The molecule has 1 atom stereocenters. The average molecular weight is 342 g/mol. The van der Waals surface area contributed by atoms with E-state index >= 15 is 0 Å². The van der Waals surface area contributed by atoms with Crippen LogP contribution >= 0.6 is 0 Å². The molecule has 0 saturated heterocycles. The fourth-order valence-corrected chi connectivity index (χ4v) is 1.57. The SMILES string of the molecule is C[C@H](NC(=O)C(F)(F)F)c1ccc(CNC(=O)C(F)(F)F)cc1. The molecule has 0 spiro atoms. The molecular weight excluding hydrogens is 330 g/mol. The summed E-state index contributed by atoms with van der Waals surface area (Å²) in [5.41, 5.74) is 0.647. The number of carbonyl (C=O) groups is 2. The van der Waals surface area contributed by atoms with E-state index in [1.165, 1.54) is 31.2 Å². The van der Waals surface area contributed by atoms with E-state index in [0.717, 1.165) is 0 Å². The van der Waals surface area contributed by atoms with Gasteiger partial charge in [-0.2, -0.15) is 26.3 Å². The van der Waals surface area contributed by atoms with Crippen LogP contribution in [-0.4, -0.2) is 24.2 Å². The van der Waals surface area contributed by atoms with Crippen LogP contribution in [0.25, 0.3) is 0 Å². The van der Waals surface area contributed by atoms with Crippen LogP contribution < -0.4 is 10.6 Å². The minimum absolute atomic E-state index is 0.320. The number of alkyl halides is 6. The zero-order valence-electron chi connectivity index (χ0n) is 11.7. The van der Waals surface area contributed by atoms with Gasteiger partial charge in [-0.15, -0.1) is 0 Å². The lowest BCUT2D eigenvalue weighted by atomic mass is 10.1. The van der Waals surface area contributed by atoms with Crippen molar-refractivity contribution in [2.45, 2.75) is 31.9 Å². The van der Waals surface area contributed by atoms with Gasteiger partial charge in [-0.25, -0.2) is 0 Å². The molecule has 0 fully saturated rings. The third-order valence-corrected chi connectivity index (χ3v) is 2.80. The van der Waals surface area contributed by atoms with Crippen molar-refractivity contribution in [3.05, 3.63) is 35.4 Å². The van der Waals surface area contributed by atoms with Gasteiger partial charge >= 0.3 is 24.2 Å². The predicted octanol–water partition coefficient (Wildman–Crippen LogP) is 2.60. The van der Waals surface area contributed by atoms with Crippen LogP contribution in [0.5, 0.6) is 0 Å². The summed E-state index contributed by atoms with van der Waals surface area (Å²) in [5.74, 6) is -4.18. The summed E-state index contributed by atoms with van der Waals surface area (Å²) < 4.78 is 72.3. The van der Waals surface area contributed by atoms with Crippen molar-refractivity contribution in [3.63, 3.8) is 0 Å². The summed E-state index contributed by atoms with van der Waals surface area (Å²) in [6.45, 7) is 0.936. The summed E-state index contributed by atoms with van der Waals surface area (Å²) in [6.07, 6.45) is -9.99. The molecule has 0 heterocycles. The lowest BCUT2D eigenvalue weighted by molar-refractivity contribution is -0.174. The van der Waals surface area contributed by atoms with Crippen molar-refractivity contribution in [2.75, 3.05) is 0 Å². The van der Waals surface area contributed by atoms with E-state index in [1.54, 1.807) is 10.6 Å². The number of halogens is 6. The summed E-state index contributed by atoms with van der Waals surface area (Å²) in [5, 5.41) is 3.40. The van der Waals surface area contributed by atoms with Crippen molar-refractivity contribution >= 4 is 11.8 Å². The number of benzene rings is 1. The van der Waals surface area contributed by atoms with E-state index in [1.807, 2.05) is 0 Å². The molecule has 0 aliphatic heterocycles. The first-order valence-electron chi connectivity index (χ1n) is 6.23. The molecule has 0 aliphatic rings. The Morgan fingerprint density at radius 1 is 0.957 bits per heavy atom. The van der Waals surface area contributed by atoms with Crippen LogP contribution in [0.2, 0.25) is 0 Å². The van der Waals surface area contributed by atoms with Crippen LogP contribution in [0.15, 0.2) is 24.3 Å². The van der Waals surface area contributed by atoms with Crippen LogP contribution in [0.1, 0.15) is 24.1 Å². The largest absolute Gasteiger partial charge is 0.471 e. The van der Waals surface area contributed by atoms with Crippen LogP contribution in [-0.2, 0) is 16.1 Å². The minimum Gasteiger partial charge on any atom is -0.344 e. The second-order valence-corrected chi connectivity index (χ2v) is 4.61. The molecule has 128 valence electrons. The fourth-order valence-electron chi connectivity index (χ4n) is 1.57. The van der Waals surface area contributed by atoms with Crippen molar-refractivity contribution in [2.24, 2.45) is 0 Å². The Morgan fingerprint density at radius 2 is 1.43 bits per heavy atom. The van der Waals surface area contributed by atoms with E-state index in [0.29, 0.717) is 11.1 Å². The second-order valence-electron chi connectivity index (χ2n) is 4.61. The molecule has 0 bridgehead atoms. The molecule has 1 aromatic rings. The van der Waals surface area contributed by atoms with Gasteiger partial charge in [0.1, 0.15) is 0 Å². The maximum absolute atomic E-state index is 12.1. The van der Waals surface area contributed by atoms with E-state index < -0.39 is 30.2 Å². The van der Waals surface area contributed by atoms with Gasteiger partial charge in [0.15, 0.2) is 0 Å². The highest BCUT2D eigenvalue weighted by molar-refractivity contribution is 5.82. The Morgan fingerprint density at radius 3 is 1.87 bits per heavy atom. The lowest BCUT2D eigenvalue weighted by Gasteiger charge is -2.16. The van der Waals surface area contributed by atoms with Crippen LogP contribution in [0.4, 0.5) is 26.3 Å². The normalized spacial score (nSPS) is 13.3. The molecule has 0 saturated carbocycles. The van der Waals surface area contributed by atoms with Crippen LogP contribution in [0, 0.1) is 0 Å². The van der Waals surface area contributed by atoms with Gasteiger partial charge in [-0.1, -0.05) is 24.3 Å². The fraction of sp³-hybridized carbons (Fsp3) is 0.385. The highest BCUT2D eigenvalue weighted by Gasteiger charge is 2.39. The molecule has 0 aliphatic carbocycles. The molecule has 1 rings (SSSR count). The van der Waals surface area contributed by atoms with Crippen molar-refractivity contribution in [1.82, 2.24) is 10.6 Å². The first-order chi connectivity index (χ1) is 10.4. The summed E-state index contributed by atoms with van der Waals surface area (Å²) in [6, 6.07) is 4.42. The molecule has 2 N–H and O–H groups in total. The van der Waals surface area contributed by atoms with Gasteiger partial charge in [0.25, 0.3) is 0 Å². The molecule has 10 heteroatoms. The predicted molar refractivity (Wildman–Crippen MR) is 67.0 cm³/mol. The number of hydrogen-bond donors (Lipinski definition) is 2. The Balaban J connectivity index is 2.63. The zero-order chi connectivity index (χ0) is 17.8. The summed E-state index contributed by atoms with van der Waals surface area (Å²) in [4.78, 5) is 21.4. The number of carbonyl (C=O) groups excluding carboxylic acids is 2. The molecule has 2 amide bonds. The Labute approximate surface area is 126 Å². The number of amides is 2. The topological polar surface area (TPSA) is 58.2 Å². The Kier molecular flexibility index (Phi) is 5.62. The maximum atomic E-state index is 12.1. The minimum atomic E-state index is -5.00. The molecule has 0 radical (unpaired) electrons. The summed E-state index contributed by atoms with van der Waals surface area (Å²) in [7, 11) is 0. The van der Waals surface area contributed by atoms with E-state index in [9.17, 15) is 35.9 Å². The van der Waals surface area contributed by atoms with Crippen LogP contribution in [0.3, 0.4) is 0 Å². The van der Waals surface area contributed by atoms with Crippen molar-refractivity contribution in [3.8, 4) is 0 Å². The number of hydrogen-bond acceptors (Lipinski definition) is 2. The van der Waals surface area contributed by atoms with Gasteiger partial charge in [0.2, 0.25) is 0 Å². The van der Waals surface area contributed by atoms with Gasteiger partial charge in [-0.3, -0.25) is 9.59 Å². The third-order valence-electron chi connectivity index (χ3n) is 2.80. The van der Waals surface area contributed by atoms with E-state index in [-0.39, 0.29) is 6.54 Å². The van der Waals surface area contributed by atoms with E-state index in [2.05, 4.69) is 0 Å². The summed E-state index contributed by atoms with van der Waals surface area (Å²) >= 11 is 0. The molecule has 0 aromatic heterocycles. The molecule has 23 heavy (non-hydrogen) atoms. The Bertz CT molecular complexity index is 565. The highest BCUT2D eigenvalue weighted by Crippen LogP contribution is 2.19. The van der Waals surface area contributed by atoms with E-state index in [4.69, 9.17) is 0 Å². The van der Waals surface area contributed by atoms with Gasteiger partial charge in [-0.05, 0) is 18.1 Å². The zero-order valence-corrected chi connectivity index (χ0v) is 11.7.